The van der Waals surface area contributed by atoms with Crippen LogP contribution in [-0.2, 0) is 0 Å². The number of hydrazine groups is 1. The van der Waals surface area contributed by atoms with Crippen molar-refractivity contribution in [2.75, 3.05) is 18.3 Å². The molecule has 6 nitrogen and oxygen atoms in total. The zero-order valence-electron chi connectivity index (χ0n) is 11.2. The van der Waals surface area contributed by atoms with Crippen LogP contribution in [0.15, 0.2) is 6.33 Å². The average Bonchev–Trinajstić information content (AvgIpc) is 2.34. The van der Waals surface area contributed by atoms with Crippen molar-refractivity contribution in [1.29, 1.82) is 0 Å². The van der Waals surface area contributed by atoms with Gasteiger partial charge in [-0.25, -0.2) is 15.0 Å². The van der Waals surface area contributed by atoms with Gasteiger partial charge in [-0.15, -0.1) is 0 Å². The van der Waals surface area contributed by atoms with Gasteiger partial charge in [0.2, 0.25) is 5.75 Å². The molecule has 1 fully saturated rings. The first kappa shape index (κ1) is 12.9. The number of anilines is 2. The lowest BCUT2D eigenvalue weighted by Crippen LogP contribution is -2.47. The van der Waals surface area contributed by atoms with Crippen LogP contribution in [0.3, 0.4) is 0 Å². The number of aromatic nitrogens is 2. The number of nitrogens with one attached hydrogen (secondary N) is 1. The normalized spacial score (nSPS) is 24.8. The number of methoxy groups -OCH3 is 1. The van der Waals surface area contributed by atoms with Crippen molar-refractivity contribution < 1.29 is 4.74 Å². The number of hydrogen-bond donors (Lipinski definition) is 2. The van der Waals surface area contributed by atoms with Gasteiger partial charge in [0.25, 0.3) is 0 Å². The number of hydrogen-bond acceptors (Lipinski definition) is 6. The molecule has 0 radical (unpaired) electrons. The van der Waals surface area contributed by atoms with Gasteiger partial charge in [0.05, 0.1) is 7.11 Å². The Hall–Kier alpha value is -1.56. The van der Waals surface area contributed by atoms with Gasteiger partial charge in [0.15, 0.2) is 11.6 Å². The van der Waals surface area contributed by atoms with E-state index in [1.54, 1.807) is 7.11 Å². The zero-order chi connectivity index (χ0) is 13.1. The highest BCUT2D eigenvalue weighted by molar-refractivity contribution is 5.60. The van der Waals surface area contributed by atoms with Crippen LogP contribution in [0.1, 0.15) is 33.1 Å². The van der Waals surface area contributed by atoms with Gasteiger partial charge in [-0.1, -0.05) is 6.42 Å². The predicted octanol–water partition coefficient (Wildman–Crippen LogP) is 1.66. The molecule has 1 aliphatic heterocycles. The molecule has 2 heterocycles. The lowest BCUT2D eigenvalue weighted by atomic mass is 10.00. The van der Waals surface area contributed by atoms with Gasteiger partial charge in [-0.2, -0.15) is 0 Å². The third-order valence-corrected chi connectivity index (χ3v) is 3.46. The lowest BCUT2D eigenvalue weighted by Gasteiger charge is -2.39. The van der Waals surface area contributed by atoms with E-state index in [1.807, 2.05) is 0 Å². The fourth-order valence-corrected chi connectivity index (χ4v) is 2.43. The molecule has 0 saturated carbocycles. The van der Waals surface area contributed by atoms with Crippen molar-refractivity contribution in [1.82, 2.24) is 15.0 Å². The molecule has 2 rings (SSSR count). The van der Waals surface area contributed by atoms with Crippen LogP contribution in [0.2, 0.25) is 0 Å². The number of nitrogen functional groups attached to an aromatic ring is 1. The Kier molecular flexibility index (Phi) is 3.86. The summed E-state index contributed by atoms with van der Waals surface area (Å²) in [6.07, 6.45) is 5.07. The highest BCUT2D eigenvalue weighted by Crippen LogP contribution is 2.29. The largest absolute Gasteiger partial charge is 0.490 e. The van der Waals surface area contributed by atoms with Crippen LogP contribution in [0, 0.1) is 0 Å². The molecule has 2 atom stereocenters. The Morgan fingerprint density at radius 2 is 2.00 bits per heavy atom. The van der Waals surface area contributed by atoms with Gasteiger partial charge in [-0.05, 0) is 26.7 Å². The van der Waals surface area contributed by atoms with Crippen LogP contribution < -0.4 is 15.9 Å². The average molecular weight is 251 g/mol. The Labute approximate surface area is 108 Å². The summed E-state index contributed by atoms with van der Waals surface area (Å²) in [5.74, 6) is 1.49. The molecule has 6 heteroatoms. The molecule has 0 amide bonds. The second-order valence-electron chi connectivity index (χ2n) is 4.79. The molecule has 1 aliphatic rings. The minimum atomic E-state index is 0.354. The smallest absolute Gasteiger partial charge is 0.205 e. The van der Waals surface area contributed by atoms with Crippen LogP contribution in [0.25, 0.3) is 0 Å². The molecule has 1 saturated heterocycles. The molecule has 18 heavy (non-hydrogen) atoms. The second kappa shape index (κ2) is 5.39. The van der Waals surface area contributed by atoms with E-state index in [9.17, 15) is 0 Å². The minimum absolute atomic E-state index is 0.354. The van der Waals surface area contributed by atoms with Crippen LogP contribution in [0.5, 0.6) is 5.75 Å². The number of rotatable bonds is 3. The summed E-state index contributed by atoms with van der Waals surface area (Å²) in [6, 6.07) is 0.935. The summed E-state index contributed by atoms with van der Waals surface area (Å²) in [7, 11) is 1.57. The topological polar surface area (TPSA) is 76.3 Å². The van der Waals surface area contributed by atoms with Crippen molar-refractivity contribution in [3.63, 3.8) is 0 Å². The molecule has 1 aromatic heterocycles. The highest BCUT2D eigenvalue weighted by Gasteiger charge is 2.26. The van der Waals surface area contributed by atoms with Gasteiger partial charge in [-0.3, -0.25) is 5.43 Å². The molecule has 0 aromatic carbocycles. The summed E-state index contributed by atoms with van der Waals surface area (Å²) in [6.45, 7) is 4.42. The van der Waals surface area contributed by atoms with E-state index in [1.165, 1.54) is 25.6 Å². The fourth-order valence-electron chi connectivity index (χ4n) is 2.43. The van der Waals surface area contributed by atoms with Gasteiger partial charge < -0.3 is 10.5 Å². The minimum Gasteiger partial charge on any atom is -0.490 e. The number of ether oxygens (including phenoxy) is 1. The van der Waals surface area contributed by atoms with Gasteiger partial charge >= 0.3 is 0 Å². The monoisotopic (exact) mass is 251 g/mol. The van der Waals surface area contributed by atoms with E-state index < -0.39 is 0 Å². The molecule has 0 aliphatic carbocycles. The van der Waals surface area contributed by atoms with E-state index in [4.69, 9.17) is 10.5 Å². The van der Waals surface area contributed by atoms with E-state index in [0.717, 1.165) is 0 Å². The van der Waals surface area contributed by atoms with E-state index in [2.05, 4.69) is 34.3 Å². The Morgan fingerprint density at radius 1 is 1.33 bits per heavy atom. The molecule has 0 bridgehead atoms. The molecule has 3 N–H and O–H groups in total. The van der Waals surface area contributed by atoms with Crippen molar-refractivity contribution in [3.8, 4) is 5.75 Å². The SMILES string of the molecule is COc1c(N)ncnc1NN1C(C)CCCC1C. The molecule has 100 valence electrons. The van der Waals surface area contributed by atoms with Crippen LogP contribution >= 0.6 is 0 Å². The first-order chi connectivity index (χ1) is 8.63. The molecular weight excluding hydrogens is 230 g/mol. The van der Waals surface area contributed by atoms with Crippen molar-refractivity contribution in [3.05, 3.63) is 6.33 Å². The first-order valence-corrected chi connectivity index (χ1v) is 6.33. The number of nitrogens with two attached hydrogens (primary N) is 1. The maximum atomic E-state index is 5.77. The molecule has 2 unspecified atom stereocenters. The highest BCUT2D eigenvalue weighted by atomic mass is 16.5. The zero-order valence-corrected chi connectivity index (χ0v) is 11.2. The summed E-state index contributed by atoms with van der Waals surface area (Å²) in [4.78, 5) is 8.13. The quantitative estimate of drug-likeness (QED) is 0.850. The number of piperidine rings is 1. The summed E-state index contributed by atoms with van der Waals surface area (Å²) in [5, 5.41) is 2.22. The lowest BCUT2D eigenvalue weighted by molar-refractivity contribution is 0.134. The molecular formula is C12H21N5O. The summed E-state index contributed by atoms with van der Waals surface area (Å²) < 4.78 is 5.25. The van der Waals surface area contributed by atoms with E-state index >= 15 is 0 Å². The Morgan fingerprint density at radius 3 is 2.61 bits per heavy atom. The molecule has 1 aromatic rings. The molecule has 0 spiro atoms. The fraction of sp³-hybridized carbons (Fsp3) is 0.667. The maximum Gasteiger partial charge on any atom is 0.205 e. The Bertz CT molecular complexity index is 401. The van der Waals surface area contributed by atoms with E-state index in [0.29, 0.717) is 29.5 Å². The Balaban J connectivity index is 2.20. The van der Waals surface area contributed by atoms with Crippen LogP contribution in [0.4, 0.5) is 11.6 Å². The first-order valence-electron chi connectivity index (χ1n) is 6.33. The van der Waals surface area contributed by atoms with Gasteiger partial charge in [0.1, 0.15) is 6.33 Å². The number of nitrogens with zero attached hydrogens (tertiary/aromatic N) is 3. The van der Waals surface area contributed by atoms with Crippen LogP contribution in [-0.4, -0.2) is 34.2 Å². The summed E-state index contributed by atoms with van der Waals surface area (Å²) in [5.41, 5.74) is 9.09. The van der Waals surface area contributed by atoms with Crippen molar-refractivity contribution in [2.24, 2.45) is 0 Å². The third kappa shape index (κ3) is 2.48. The second-order valence-corrected chi connectivity index (χ2v) is 4.79. The van der Waals surface area contributed by atoms with Crippen molar-refractivity contribution >= 4 is 11.6 Å². The third-order valence-electron chi connectivity index (χ3n) is 3.46. The van der Waals surface area contributed by atoms with Crippen molar-refractivity contribution in [2.45, 2.75) is 45.2 Å². The van der Waals surface area contributed by atoms with Gasteiger partial charge in [0, 0.05) is 12.1 Å². The maximum absolute atomic E-state index is 5.77. The predicted molar refractivity (Wildman–Crippen MR) is 71.2 cm³/mol. The van der Waals surface area contributed by atoms with E-state index in [-0.39, 0.29) is 0 Å². The summed E-state index contributed by atoms with van der Waals surface area (Å²) >= 11 is 0. The standard InChI is InChI=1S/C12H21N5O/c1-8-5-4-6-9(2)17(8)16-12-10(18-3)11(13)14-7-15-12/h7-9H,4-6H2,1-3H3,(H3,13,14,15,16).